The molecule has 1 heterocycles. The van der Waals surface area contributed by atoms with Gasteiger partial charge in [0.15, 0.2) is 0 Å². The lowest BCUT2D eigenvalue weighted by Crippen LogP contribution is -1.92. The predicted molar refractivity (Wildman–Crippen MR) is 61.6 cm³/mol. The fourth-order valence-corrected chi connectivity index (χ4v) is 0.839. The van der Waals surface area contributed by atoms with E-state index in [-0.39, 0.29) is 24.8 Å². The number of hydrogen-bond acceptors (Lipinski definition) is 2. The second-order valence-electron chi connectivity index (χ2n) is 2.40. The van der Waals surface area contributed by atoms with Crippen LogP contribution in [-0.2, 0) is 0 Å². The van der Waals surface area contributed by atoms with Crippen molar-refractivity contribution in [2.45, 2.75) is 6.92 Å². The van der Waals surface area contributed by atoms with Crippen LogP contribution in [0.5, 0.6) is 0 Å². The fraction of sp³-hybridized carbons (Fsp3) is 0.222. The lowest BCUT2D eigenvalue weighted by molar-refractivity contribution is 1.23. The van der Waals surface area contributed by atoms with E-state index in [4.69, 9.17) is 5.73 Å². The first-order valence-corrected chi connectivity index (χ1v) is 3.62. The van der Waals surface area contributed by atoms with Gasteiger partial charge in [-0.1, -0.05) is 6.08 Å². The molecule has 0 fully saturated rings. The Morgan fingerprint density at radius 1 is 1.46 bits per heavy atom. The number of rotatable bonds is 2. The van der Waals surface area contributed by atoms with Crippen molar-refractivity contribution in [1.29, 1.82) is 0 Å². The molecule has 13 heavy (non-hydrogen) atoms. The maximum Gasteiger partial charge on any atom is 0.0629 e. The van der Waals surface area contributed by atoms with Crippen molar-refractivity contribution in [3.8, 4) is 0 Å². The highest BCUT2D eigenvalue weighted by atomic mass is 35.5. The van der Waals surface area contributed by atoms with Crippen molar-refractivity contribution in [2.24, 2.45) is 5.73 Å². The van der Waals surface area contributed by atoms with E-state index in [0.29, 0.717) is 6.54 Å². The van der Waals surface area contributed by atoms with Gasteiger partial charge < -0.3 is 5.73 Å². The minimum atomic E-state index is 0. The fourth-order valence-electron chi connectivity index (χ4n) is 0.839. The van der Waals surface area contributed by atoms with Gasteiger partial charge >= 0.3 is 0 Å². The molecule has 0 spiro atoms. The summed E-state index contributed by atoms with van der Waals surface area (Å²) in [7, 11) is 0. The molecule has 0 aliphatic heterocycles. The van der Waals surface area contributed by atoms with Crippen molar-refractivity contribution in [3.63, 3.8) is 0 Å². The summed E-state index contributed by atoms with van der Waals surface area (Å²) in [5.74, 6) is 0. The second-order valence-corrected chi connectivity index (χ2v) is 2.40. The molecule has 0 saturated carbocycles. The average Bonchev–Trinajstić information content (AvgIpc) is 2.01. The van der Waals surface area contributed by atoms with E-state index in [1.54, 1.807) is 6.20 Å². The van der Waals surface area contributed by atoms with Gasteiger partial charge in [0, 0.05) is 12.7 Å². The standard InChI is InChI=1S/C9H12N2.2ClH/c1-8-4-6-11-9(7-8)3-2-5-10;;/h2-4,6-7H,5,10H2,1H3;2*1H/b3-2+;;. The molecule has 0 aliphatic rings. The summed E-state index contributed by atoms with van der Waals surface area (Å²) in [6, 6.07) is 3.99. The number of nitrogens with zero attached hydrogens (tertiary/aromatic N) is 1. The van der Waals surface area contributed by atoms with Gasteiger partial charge in [0.2, 0.25) is 0 Å². The van der Waals surface area contributed by atoms with E-state index < -0.39 is 0 Å². The summed E-state index contributed by atoms with van der Waals surface area (Å²) in [5, 5.41) is 0. The summed E-state index contributed by atoms with van der Waals surface area (Å²) < 4.78 is 0. The summed E-state index contributed by atoms with van der Waals surface area (Å²) >= 11 is 0. The van der Waals surface area contributed by atoms with Gasteiger partial charge in [0.1, 0.15) is 0 Å². The van der Waals surface area contributed by atoms with Crippen LogP contribution in [-0.4, -0.2) is 11.5 Å². The molecule has 0 amide bonds. The van der Waals surface area contributed by atoms with Gasteiger partial charge in [-0.25, -0.2) is 0 Å². The normalized spacial score (nSPS) is 9.08. The maximum atomic E-state index is 5.30. The maximum absolute atomic E-state index is 5.30. The number of halogens is 2. The Morgan fingerprint density at radius 2 is 2.15 bits per heavy atom. The Labute approximate surface area is 91.1 Å². The van der Waals surface area contributed by atoms with Crippen molar-refractivity contribution in [1.82, 2.24) is 4.98 Å². The topological polar surface area (TPSA) is 38.9 Å². The van der Waals surface area contributed by atoms with Gasteiger partial charge in [0.05, 0.1) is 5.69 Å². The Kier molecular flexibility index (Phi) is 9.24. The Morgan fingerprint density at radius 3 is 2.69 bits per heavy atom. The molecular formula is C9H14Cl2N2. The molecule has 2 nitrogen and oxygen atoms in total. The summed E-state index contributed by atoms with van der Waals surface area (Å²) in [6.07, 6.45) is 5.61. The van der Waals surface area contributed by atoms with Crippen LogP contribution in [0.25, 0.3) is 6.08 Å². The van der Waals surface area contributed by atoms with Crippen LogP contribution in [0.15, 0.2) is 24.4 Å². The third-order valence-electron chi connectivity index (χ3n) is 1.36. The summed E-state index contributed by atoms with van der Waals surface area (Å²) in [4.78, 5) is 4.13. The third-order valence-corrected chi connectivity index (χ3v) is 1.36. The second kappa shape index (κ2) is 8.05. The molecule has 74 valence electrons. The number of nitrogens with two attached hydrogens (primary N) is 1. The van der Waals surface area contributed by atoms with Crippen LogP contribution in [0.2, 0.25) is 0 Å². The van der Waals surface area contributed by atoms with Crippen molar-refractivity contribution in [2.75, 3.05) is 6.54 Å². The van der Waals surface area contributed by atoms with Gasteiger partial charge in [-0.2, -0.15) is 0 Å². The molecular weight excluding hydrogens is 207 g/mol. The first-order valence-electron chi connectivity index (χ1n) is 3.62. The number of hydrogen-bond donors (Lipinski definition) is 1. The van der Waals surface area contributed by atoms with Gasteiger partial charge in [-0.05, 0) is 30.7 Å². The van der Waals surface area contributed by atoms with Crippen molar-refractivity contribution >= 4 is 30.9 Å². The highest BCUT2D eigenvalue weighted by Gasteiger charge is 1.86. The zero-order valence-corrected chi connectivity index (χ0v) is 9.07. The molecule has 0 radical (unpaired) electrons. The van der Waals surface area contributed by atoms with Crippen LogP contribution in [0.1, 0.15) is 11.3 Å². The molecule has 1 aromatic rings. The number of aryl methyl sites for hydroxylation is 1. The molecule has 0 atom stereocenters. The highest BCUT2D eigenvalue weighted by Crippen LogP contribution is 2.00. The molecule has 1 aromatic heterocycles. The van der Waals surface area contributed by atoms with Crippen LogP contribution in [0.4, 0.5) is 0 Å². The summed E-state index contributed by atoms with van der Waals surface area (Å²) in [6.45, 7) is 2.61. The first-order chi connectivity index (χ1) is 5.33. The average molecular weight is 221 g/mol. The van der Waals surface area contributed by atoms with Gasteiger partial charge in [-0.15, -0.1) is 24.8 Å². The monoisotopic (exact) mass is 220 g/mol. The quantitative estimate of drug-likeness (QED) is 0.831. The van der Waals surface area contributed by atoms with E-state index >= 15 is 0 Å². The molecule has 1 rings (SSSR count). The van der Waals surface area contributed by atoms with Gasteiger partial charge in [0.25, 0.3) is 0 Å². The van der Waals surface area contributed by atoms with Crippen LogP contribution in [0, 0.1) is 6.92 Å². The smallest absolute Gasteiger partial charge is 0.0629 e. The third kappa shape index (κ3) is 5.64. The van der Waals surface area contributed by atoms with E-state index in [1.807, 2.05) is 31.2 Å². The lowest BCUT2D eigenvalue weighted by Gasteiger charge is -1.93. The zero-order valence-electron chi connectivity index (χ0n) is 7.43. The number of aromatic nitrogens is 1. The van der Waals surface area contributed by atoms with E-state index in [0.717, 1.165) is 5.69 Å². The van der Waals surface area contributed by atoms with Crippen molar-refractivity contribution in [3.05, 3.63) is 35.7 Å². The highest BCUT2D eigenvalue weighted by molar-refractivity contribution is 5.85. The Balaban J connectivity index is 0. The Bertz CT molecular complexity index is 262. The summed E-state index contributed by atoms with van der Waals surface area (Å²) in [5.41, 5.74) is 7.49. The number of pyridine rings is 1. The minimum Gasteiger partial charge on any atom is -0.327 e. The van der Waals surface area contributed by atoms with Crippen LogP contribution < -0.4 is 5.73 Å². The van der Waals surface area contributed by atoms with Gasteiger partial charge in [-0.3, -0.25) is 4.98 Å². The zero-order chi connectivity index (χ0) is 8.10. The molecule has 0 aromatic carbocycles. The minimum absolute atomic E-state index is 0. The molecule has 0 unspecified atom stereocenters. The molecule has 0 saturated heterocycles. The van der Waals surface area contributed by atoms with Crippen LogP contribution >= 0.6 is 24.8 Å². The van der Waals surface area contributed by atoms with E-state index in [9.17, 15) is 0 Å². The SMILES string of the molecule is Cc1ccnc(/C=C/CN)c1.Cl.Cl. The lowest BCUT2D eigenvalue weighted by atomic mass is 10.2. The van der Waals surface area contributed by atoms with Crippen LogP contribution in [0.3, 0.4) is 0 Å². The first kappa shape index (κ1) is 14.9. The van der Waals surface area contributed by atoms with E-state index in [2.05, 4.69) is 4.98 Å². The predicted octanol–water partition coefficient (Wildman–Crippen LogP) is 2.21. The van der Waals surface area contributed by atoms with Crippen molar-refractivity contribution < 1.29 is 0 Å². The van der Waals surface area contributed by atoms with E-state index in [1.165, 1.54) is 5.56 Å². The Hall–Kier alpha value is -0.570. The molecule has 2 N–H and O–H groups in total. The molecule has 0 bridgehead atoms. The largest absolute Gasteiger partial charge is 0.327 e. The molecule has 4 heteroatoms. The molecule has 0 aliphatic carbocycles.